The minimum absolute atomic E-state index is 0.0185. The van der Waals surface area contributed by atoms with Crippen molar-refractivity contribution in [3.8, 4) is 0 Å². The van der Waals surface area contributed by atoms with Crippen molar-refractivity contribution in [2.24, 2.45) is 5.92 Å². The molecule has 1 fully saturated rings. The zero-order valence-corrected chi connectivity index (χ0v) is 19.6. The topological polar surface area (TPSA) is 59.8 Å². The summed E-state index contributed by atoms with van der Waals surface area (Å²) in [5.41, 5.74) is 3.36. The predicted molar refractivity (Wildman–Crippen MR) is 125 cm³/mol. The number of nitrogens with one attached hydrogen (secondary N) is 1. The van der Waals surface area contributed by atoms with Gasteiger partial charge in [0.15, 0.2) is 5.16 Å². The summed E-state index contributed by atoms with van der Waals surface area (Å²) in [5, 5.41) is 12.8. The minimum atomic E-state index is 0.0185. The number of rotatable bonds is 10. The molecule has 0 saturated heterocycles. The summed E-state index contributed by atoms with van der Waals surface area (Å²) in [5.74, 6) is 2.27. The molecule has 0 bridgehead atoms. The summed E-state index contributed by atoms with van der Waals surface area (Å²) in [6.07, 6.45) is 10.9. The van der Waals surface area contributed by atoms with Crippen LogP contribution in [-0.2, 0) is 30.6 Å². The van der Waals surface area contributed by atoms with Gasteiger partial charge in [0.25, 0.3) is 0 Å². The molecule has 6 heteroatoms. The van der Waals surface area contributed by atoms with E-state index in [2.05, 4.69) is 59.1 Å². The first-order valence-corrected chi connectivity index (χ1v) is 12.6. The standard InChI is InChI=1S/C24H36N4OS/c1-4-19-13-10-14-20(5-2)23(19)25-22(29)17-30-24-27-26-21(28(24)6-3)16-15-18-11-8-7-9-12-18/h10,13-14,18H,4-9,11-12,15-17H2,1-3H3,(H,25,29). The fourth-order valence-corrected chi connectivity index (χ4v) is 5.27. The van der Waals surface area contributed by atoms with E-state index in [1.807, 2.05) is 0 Å². The fourth-order valence-electron chi connectivity index (χ4n) is 4.45. The normalized spacial score (nSPS) is 14.8. The van der Waals surface area contributed by atoms with Gasteiger partial charge in [-0.05, 0) is 43.2 Å². The SMILES string of the molecule is CCc1cccc(CC)c1NC(=O)CSc1nnc(CCC2CCCCC2)n1CC. The van der Waals surface area contributed by atoms with Crippen LogP contribution in [0.4, 0.5) is 5.69 Å². The highest BCUT2D eigenvalue weighted by Gasteiger charge is 2.18. The molecule has 0 radical (unpaired) electrons. The van der Waals surface area contributed by atoms with E-state index in [1.54, 1.807) is 0 Å². The van der Waals surface area contributed by atoms with Gasteiger partial charge < -0.3 is 9.88 Å². The Morgan fingerprint density at radius 2 is 1.80 bits per heavy atom. The number of carbonyl (C=O) groups is 1. The molecule has 1 aliphatic rings. The molecule has 0 unspecified atom stereocenters. The lowest BCUT2D eigenvalue weighted by Gasteiger charge is -2.21. The Kier molecular flexibility index (Phi) is 8.79. The van der Waals surface area contributed by atoms with Gasteiger partial charge in [-0.25, -0.2) is 0 Å². The summed E-state index contributed by atoms with van der Waals surface area (Å²) in [6, 6.07) is 6.25. The molecule has 0 spiro atoms. The maximum Gasteiger partial charge on any atom is 0.234 e. The number of hydrogen-bond acceptors (Lipinski definition) is 4. The number of carbonyl (C=O) groups excluding carboxylic acids is 1. The number of aromatic nitrogens is 3. The number of aryl methyl sites for hydroxylation is 3. The lowest BCUT2D eigenvalue weighted by molar-refractivity contribution is -0.113. The quantitative estimate of drug-likeness (QED) is 0.496. The Bertz CT molecular complexity index is 804. The first-order valence-electron chi connectivity index (χ1n) is 11.6. The van der Waals surface area contributed by atoms with Gasteiger partial charge in [-0.15, -0.1) is 10.2 Å². The molecule has 1 heterocycles. The molecule has 1 N–H and O–H groups in total. The first-order chi connectivity index (χ1) is 14.7. The Balaban J connectivity index is 1.58. The van der Waals surface area contributed by atoms with E-state index in [0.29, 0.717) is 5.75 Å². The lowest BCUT2D eigenvalue weighted by atomic mass is 9.86. The number of nitrogens with zero attached hydrogens (tertiary/aromatic N) is 3. The maximum atomic E-state index is 12.7. The van der Waals surface area contributed by atoms with Crippen LogP contribution in [0.15, 0.2) is 23.4 Å². The molecule has 30 heavy (non-hydrogen) atoms. The van der Waals surface area contributed by atoms with Gasteiger partial charge in [0.2, 0.25) is 5.91 Å². The molecule has 1 saturated carbocycles. The summed E-state index contributed by atoms with van der Waals surface area (Å²) >= 11 is 1.49. The fraction of sp³-hybridized carbons (Fsp3) is 0.625. The summed E-state index contributed by atoms with van der Waals surface area (Å²) in [4.78, 5) is 12.7. The molecular formula is C24H36N4OS. The largest absolute Gasteiger partial charge is 0.325 e. The van der Waals surface area contributed by atoms with Crippen LogP contribution in [0.25, 0.3) is 0 Å². The average molecular weight is 429 g/mol. The van der Waals surface area contributed by atoms with Crippen LogP contribution in [0.1, 0.15) is 76.2 Å². The Morgan fingerprint density at radius 1 is 1.10 bits per heavy atom. The van der Waals surface area contributed by atoms with E-state index in [1.165, 1.54) is 61.4 Å². The van der Waals surface area contributed by atoms with Crippen molar-refractivity contribution in [3.63, 3.8) is 0 Å². The van der Waals surface area contributed by atoms with Gasteiger partial charge in [-0.2, -0.15) is 0 Å². The number of amides is 1. The highest BCUT2D eigenvalue weighted by molar-refractivity contribution is 7.99. The highest BCUT2D eigenvalue weighted by Crippen LogP contribution is 2.28. The van der Waals surface area contributed by atoms with E-state index in [4.69, 9.17) is 0 Å². The van der Waals surface area contributed by atoms with Crippen LogP contribution in [0.5, 0.6) is 0 Å². The molecule has 1 amide bonds. The summed E-state index contributed by atoms with van der Waals surface area (Å²) in [7, 11) is 0. The van der Waals surface area contributed by atoms with E-state index in [9.17, 15) is 4.79 Å². The molecule has 1 aliphatic carbocycles. The zero-order valence-electron chi connectivity index (χ0n) is 18.7. The van der Waals surface area contributed by atoms with Crippen molar-refractivity contribution in [1.82, 2.24) is 14.8 Å². The molecule has 1 aromatic heterocycles. The molecule has 5 nitrogen and oxygen atoms in total. The Labute approximate surface area is 185 Å². The van der Waals surface area contributed by atoms with Crippen LogP contribution in [0.3, 0.4) is 0 Å². The van der Waals surface area contributed by atoms with Crippen molar-refractivity contribution in [2.45, 2.75) is 90.3 Å². The number of thioether (sulfide) groups is 1. The smallest absolute Gasteiger partial charge is 0.234 e. The third-order valence-corrected chi connectivity index (χ3v) is 7.17. The molecule has 2 aromatic rings. The maximum absolute atomic E-state index is 12.7. The van der Waals surface area contributed by atoms with Crippen LogP contribution < -0.4 is 5.32 Å². The zero-order chi connectivity index (χ0) is 21.3. The van der Waals surface area contributed by atoms with E-state index in [-0.39, 0.29) is 5.91 Å². The Hall–Kier alpha value is -1.82. The van der Waals surface area contributed by atoms with E-state index >= 15 is 0 Å². The highest BCUT2D eigenvalue weighted by atomic mass is 32.2. The number of benzene rings is 1. The minimum Gasteiger partial charge on any atom is -0.325 e. The predicted octanol–water partition coefficient (Wildman–Crippen LogP) is 5.67. The second kappa shape index (κ2) is 11.5. The van der Waals surface area contributed by atoms with Crippen molar-refractivity contribution in [3.05, 3.63) is 35.2 Å². The molecule has 164 valence electrons. The van der Waals surface area contributed by atoms with Crippen molar-refractivity contribution in [2.75, 3.05) is 11.1 Å². The van der Waals surface area contributed by atoms with Gasteiger partial charge in [0, 0.05) is 18.7 Å². The molecular weight excluding hydrogens is 392 g/mol. The molecule has 1 aromatic carbocycles. The average Bonchev–Trinajstić information content (AvgIpc) is 3.18. The molecule has 0 atom stereocenters. The van der Waals surface area contributed by atoms with Gasteiger partial charge in [0.05, 0.1) is 5.75 Å². The van der Waals surface area contributed by atoms with Crippen LogP contribution in [0.2, 0.25) is 0 Å². The van der Waals surface area contributed by atoms with Crippen LogP contribution in [0, 0.1) is 5.92 Å². The molecule has 3 rings (SSSR count). The van der Waals surface area contributed by atoms with E-state index in [0.717, 1.165) is 48.4 Å². The van der Waals surface area contributed by atoms with E-state index < -0.39 is 0 Å². The third-order valence-electron chi connectivity index (χ3n) is 6.21. The second-order valence-electron chi connectivity index (χ2n) is 8.18. The van der Waals surface area contributed by atoms with Crippen molar-refractivity contribution in [1.29, 1.82) is 0 Å². The van der Waals surface area contributed by atoms with Gasteiger partial charge in [-0.1, -0.05) is 75.9 Å². The summed E-state index contributed by atoms with van der Waals surface area (Å²) < 4.78 is 2.18. The monoisotopic (exact) mass is 428 g/mol. The van der Waals surface area contributed by atoms with Crippen molar-refractivity contribution >= 4 is 23.4 Å². The van der Waals surface area contributed by atoms with Crippen molar-refractivity contribution < 1.29 is 4.79 Å². The van der Waals surface area contributed by atoms with Gasteiger partial charge >= 0.3 is 0 Å². The number of hydrogen-bond donors (Lipinski definition) is 1. The van der Waals surface area contributed by atoms with Crippen LogP contribution >= 0.6 is 11.8 Å². The third kappa shape index (κ3) is 5.87. The lowest BCUT2D eigenvalue weighted by Crippen LogP contribution is -2.17. The summed E-state index contributed by atoms with van der Waals surface area (Å²) in [6.45, 7) is 7.22. The van der Waals surface area contributed by atoms with Crippen LogP contribution in [-0.4, -0.2) is 26.4 Å². The first kappa shape index (κ1) is 22.9. The van der Waals surface area contributed by atoms with Gasteiger partial charge in [0.1, 0.15) is 5.82 Å². The Morgan fingerprint density at radius 3 is 2.43 bits per heavy atom. The number of para-hydroxylation sites is 1. The second-order valence-corrected chi connectivity index (χ2v) is 9.12. The molecule has 0 aliphatic heterocycles. The van der Waals surface area contributed by atoms with Gasteiger partial charge in [-0.3, -0.25) is 4.79 Å². The number of anilines is 1.